The zero-order valence-corrected chi connectivity index (χ0v) is 22.6. The molecule has 1 N–H and O–H groups in total. The number of carbonyl (C=O) groups excluding carboxylic acids is 1. The Hall–Kier alpha value is -2.74. The van der Waals surface area contributed by atoms with Gasteiger partial charge in [0.1, 0.15) is 11.5 Å². The van der Waals surface area contributed by atoms with Crippen molar-refractivity contribution in [1.82, 2.24) is 15.1 Å². The lowest BCUT2D eigenvalue weighted by atomic mass is 9.84. The second-order valence-corrected chi connectivity index (χ2v) is 11.1. The van der Waals surface area contributed by atoms with Crippen LogP contribution in [0.3, 0.4) is 0 Å². The number of carbonyl (C=O) groups is 1. The van der Waals surface area contributed by atoms with Crippen molar-refractivity contribution in [2.45, 2.75) is 78.1 Å². The number of ketones is 1. The van der Waals surface area contributed by atoms with Gasteiger partial charge in [-0.1, -0.05) is 32.0 Å². The van der Waals surface area contributed by atoms with E-state index in [4.69, 9.17) is 14.4 Å². The van der Waals surface area contributed by atoms with Crippen LogP contribution in [0.4, 0.5) is 6.01 Å². The first kappa shape index (κ1) is 27.3. The molecule has 0 amide bonds. The third kappa shape index (κ3) is 7.63. The molecule has 0 bridgehead atoms. The van der Waals surface area contributed by atoms with Crippen molar-refractivity contribution >= 4 is 17.4 Å². The third-order valence-corrected chi connectivity index (χ3v) is 7.68. The van der Waals surface area contributed by atoms with Crippen molar-refractivity contribution in [3.63, 3.8) is 0 Å². The van der Waals surface area contributed by atoms with E-state index in [9.17, 15) is 4.79 Å². The zero-order valence-electron chi connectivity index (χ0n) is 22.6. The Labute approximate surface area is 220 Å². The molecule has 2 aliphatic rings. The van der Waals surface area contributed by atoms with Gasteiger partial charge in [0, 0.05) is 38.0 Å². The number of aliphatic hydroxyl groups is 1. The molecule has 4 rings (SSSR count). The minimum Gasteiger partial charge on any atom is -0.492 e. The predicted octanol–water partition coefficient (Wildman–Crippen LogP) is 5.43. The topological polar surface area (TPSA) is 102 Å². The minimum atomic E-state index is 0.124. The largest absolute Gasteiger partial charge is 0.492 e. The molecule has 2 aromatic heterocycles. The number of hydrogen-bond donors (Lipinski definition) is 1. The van der Waals surface area contributed by atoms with Crippen LogP contribution in [0.5, 0.6) is 5.75 Å². The Balaban J connectivity index is 1.18. The smallest absolute Gasteiger partial charge is 0.324 e. The fourth-order valence-electron chi connectivity index (χ4n) is 5.03. The first-order valence-electron chi connectivity index (χ1n) is 13.9. The van der Waals surface area contributed by atoms with Crippen LogP contribution < -0.4 is 9.64 Å². The number of allylic oxidation sites excluding steroid dienone is 2. The van der Waals surface area contributed by atoms with Gasteiger partial charge in [-0.2, -0.15) is 4.98 Å². The average Bonchev–Trinajstić information content (AvgIpc) is 3.43. The number of nitrogens with zero attached hydrogens (tertiary/aromatic N) is 4. The van der Waals surface area contributed by atoms with E-state index < -0.39 is 0 Å². The van der Waals surface area contributed by atoms with E-state index >= 15 is 0 Å². The first-order chi connectivity index (χ1) is 17.9. The highest BCUT2D eigenvalue weighted by Crippen LogP contribution is 2.31. The Bertz CT molecular complexity index is 1020. The summed E-state index contributed by atoms with van der Waals surface area (Å²) in [6.45, 7) is 8.81. The molecule has 1 saturated heterocycles. The first-order valence-corrected chi connectivity index (χ1v) is 13.9. The van der Waals surface area contributed by atoms with Gasteiger partial charge in [0.15, 0.2) is 5.82 Å². The Morgan fingerprint density at radius 1 is 1.22 bits per heavy atom. The van der Waals surface area contributed by atoms with Crippen molar-refractivity contribution in [3.8, 4) is 5.75 Å². The number of Topliss-reactive ketones (excluding diaryl/α,β-unsaturated/α-hetero) is 1. The minimum absolute atomic E-state index is 0.124. The zero-order chi connectivity index (χ0) is 26.2. The van der Waals surface area contributed by atoms with E-state index in [0.29, 0.717) is 30.7 Å². The molecule has 3 heterocycles. The number of hydrogen-bond acceptors (Lipinski definition) is 8. The van der Waals surface area contributed by atoms with Crippen LogP contribution >= 0.6 is 0 Å². The third-order valence-electron chi connectivity index (χ3n) is 7.68. The highest BCUT2D eigenvalue weighted by molar-refractivity contribution is 5.82. The van der Waals surface area contributed by atoms with Crippen molar-refractivity contribution < 1.29 is 19.2 Å². The van der Waals surface area contributed by atoms with Gasteiger partial charge in [-0.3, -0.25) is 9.78 Å². The van der Waals surface area contributed by atoms with Crippen molar-refractivity contribution in [3.05, 3.63) is 35.9 Å². The number of ether oxygens (including phenoxy) is 1. The molecule has 1 aliphatic carbocycles. The maximum absolute atomic E-state index is 12.5. The molecule has 8 heteroatoms. The molecule has 202 valence electrons. The van der Waals surface area contributed by atoms with Gasteiger partial charge in [-0.15, -0.1) is 0 Å². The van der Waals surface area contributed by atoms with Crippen LogP contribution in [0.25, 0.3) is 5.57 Å². The van der Waals surface area contributed by atoms with E-state index in [1.807, 2.05) is 25.3 Å². The fourth-order valence-corrected chi connectivity index (χ4v) is 5.03. The summed E-state index contributed by atoms with van der Waals surface area (Å²) in [4.78, 5) is 23.9. The molecule has 0 spiro atoms. The van der Waals surface area contributed by atoms with Gasteiger partial charge in [0.05, 0.1) is 18.5 Å². The van der Waals surface area contributed by atoms with Gasteiger partial charge in [0.2, 0.25) is 0 Å². The van der Waals surface area contributed by atoms with E-state index in [0.717, 1.165) is 75.3 Å². The van der Waals surface area contributed by atoms with Crippen LogP contribution in [0.15, 0.2) is 28.9 Å². The molecule has 0 aromatic carbocycles. The second-order valence-electron chi connectivity index (χ2n) is 11.1. The fraction of sp³-hybridized carbons (Fsp3) is 0.655. The van der Waals surface area contributed by atoms with Crippen molar-refractivity contribution in [2.24, 2.45) is 17.8 Å². The highest BCUT2D eigenvalue weighted by Gasteiger charge is 2.25. The molecule has 8 nitrogen and oxygen atoms in total. The van der Waals surface area contributed by atoms with Crippen LogP contribution in [0.1, 0.15) is 89.6 Å². The number of pyridine rings is 1. The second kappa shape index (κ2) is 13.2. The molecule has 0 radical (unpaired) electrons. The van der Waals surface area contributed by atoms with Gasteiger partial charge >= 0.3 is 6.01 Å². The lowest BCUT2D eigenvalue weighted by Crippen LogP contribution is -2.35. The summed E-state index contributed by atoms with van der Waals surface area (Å²) < 4.78 is 11.5. The molecule has 0 saturated carbocycles. The lowest BCUT2D eigenvalue weighted by Gasteiger charge is -2.30. The lowest BCUT2D eigenvalue weighted by molar-refractivity contribution is -0.123. The molecule has 37 heavy (non-hydrogen) atoms. The Morgan fingerprint density at radius 3 is 2.65 bits per heavy atom. The summed E-state index contributed by atoms with van der Waals surface area (Å²) in [5, 5.41) is 13.2. The monoisotopic (exact) mass is 510 g/mol. The quantitative estimate of drug-likeness (QED) is 0.403. The molecular formula is C29H42N4O4. The van der Waals surface area contributed by atoms with Crippen LogP contribution in [0.2, 0.25) is 0 Å². The van der Waals surface area contributed by atoms with E-state index in [1.54, 1.807) is 0 Å². The number of anilines is 1. The molecule has 1 aliphatic heterocycles. The number of aliphatic hydroxyl groups excluding tert-OH is 1. The van der Waals surface area contributed by atoms with Crippen molar-refractivity contribution in [2.75, 3.05) is 31.2 Å². The maximum atomic E-state index is 12.5. The molecule has 2 atom stereocenters. The molecule has 1 fully saturated rings. The molecule has 2 aromatic rings. The predicted molar refractivity (Wildman–Crippen MR) is 143 cm³/mol. The maximum Gasteiger partial charge on any atom is 0.324 e. The van der Waals surface area contributed by atoms with Gasteiger partial charge in [0.25, 0.3) is 0 Å². The summed E-state index contributed by atoms with van der Waals surface area (Å²) in [5.74, 6) is 3.07. The summed E-state index contributed by atoms with van der Waals surface area (Å²) >= 11 is 0. The normalized spacial score (nSPS) is 19.6. The highest BCUT2D eigenvalue weighted by atomic mass is 16.5. The Morgan fingerprint density at radius 2 is 2.03 bits per heavy atom. The van der Waals surface area contributed by atoms with E-state index in [2.05, 4.69) is 39.9 Å². The summed E-state index contributed by atoms with van der Waals surface area (Å²) in [7, 11) is 0. The van der Waals surface area contributed by atoms with E-state index in [1.165, 1.54) is 5.57 Å². The Kier molecular flexibility index (Phi) is 9.72. The van der Waals surface area contributed by atoms with Gasteiger partial charge in [-0.05, 0) is 74.5 Å². The SMILES string of the molecule is CC(CO)CCCC(=O)C1CC=C(c2ccc(OCC3CCN(c4nc(C(C)C)no4)CC3)cn2)CC1. The molecule has 2 unspecified atom stereocenters. The summed E-state index contributed by atoms with van der Waals surface area (Å²) in [6.07, 6.45) is 11.0. The number of piperidine rings is 1. The van der Waals surface area contributed by atoms with E-state index in [-0.39, 0.29) is 24.4 Å². The van der Waals surface area contributed by atoms with Crippen molar-refractivity contribution in [1.29, 1.82) is 0 Å². The number of rotatable bonds is 12. The standard InChI is InChI=1S/C29H42N4O4/c1-20(2)28-31-29(37-32-28)33-15-13-22(14-16-33)19-36-25-11-12-26(30-17-25)23-7-9-24(10-8-23)27(35)6-4-5-21(3)18-34/h7,11-12,17,20-22,24,34H,4-6,8-10,13-16,18-19H2,1-3H3. The average molecular weight is 511 g/mol. The van der Waals surface area contributed by atoms with Crippen LogP contribution in [0, 0.1) is 17.8 Å². The number of aromatic nitrogens is 3. The van der Waals surface area contributed by atoms with Crippen LogP contribution in [-0.2, 0) is 4.79 Å². The molecular weight excluding hydrogens is 468 g/mol. The van der Waals surface area contributed by atoms with Crippen LogP contribution in [-0.4, -0.2) is 52.3 Å². The van der Waals surface area contributed by atoms with Gasteiger partial charge < -0.3 is 19.3 Å². The summed E-state index contributed by atoms with van der Waals surface area (Å²) in [5.41, 5.74) is 2.20. The summed E-state index contributed by atoms with van der Waals surface area (Å²) in [6, 6.07) is 4.66. The van der Waals surface area contributed by atoms with Gasteiger partial charge in [-0.25, -0.2) is 0 Å².